The summed E-state index contributed by atoms with van der Waals surface area (Å²) < 4.78 is 21.3. The van der Waals surface area contributed by atoms with Gasteiger partial charge in [0.1, 0.15) is 47.9 Å². The Hall–Kier alpha value is -5.13. The second-order valence-corrected chi connectivity index (χ2v) is 11.2. The number of carbonyl (C=O) groups excluding carboxylic acids is 1. The summed E-state index contributed by atoms with van der Waals surface area (Å²) in [5.74, 6) is 1.42. The molecule has 13 heteroatoms. The summed E-state index contributed by atoms with van der Waals surface area (Å²) in [7, 11) is 0. The Morgan fingerprint density at radius 3 is 1.89 bits per heavy atom. The standard InChI is InChI=1S/C33H29Cl2N7O4/c1-3-15-40-18-24(36-38-40)20-44-27-10-5-22(6-11-27)31-32(46-30-14-7-23(34)17-29(30)35)33(43)42(31)26-8-12-28(13-9-26)45-21-25-19-41(16-4-2)39-37-25/h3-14,17-19,31-32H,1-2,15-16,20-21H2. The molecule has 2 atom stereocenters. The monoisotopic (exact) mass is 657 g/mol. The highest BCUT2D eigenvalue weighted by Crippen LogP contribution is 2.43. The van der Waals surface area contributed by atoms with Crippen molar-refractivity contribution in [3.05, 3.63) is 131 Å². The van der Waals surface area contributed by atoms with E-state index in [1.54, 1.807) is 62.9 Å². The molecule has 0 radical (unpaired) electrons. The lowest BCUT2D eigenvalue weighted by atomic mass is 9.89. The zero-order valence-corrected chi connectivity index (χ0v) is 26.1. The number of anilines is 1. The first kappa shape index (κ1) is 30.9. The quantitative estimate of drug-likeness (QED) is 0.102. The van der Waals surface area contributed by atoms with E-state index in [1.165, 1.54) is 0 Å². The SMILES string of the molecule is C=CCn1cc(COc2ccc(C3C(Oc4ccc(Cl)cc4Cl)C(=O)N3c3ccc(OCc4cn(CC=C)nn4)cc3)cc2)nn1. The molecule has 0 saturated carbocycles. The number of rotatable bonds is 14. The molecule has 234 valence electrons. The average Bonchev–Trinajstić information content (AvgIpc) is 3.71. The van der Waals surface area contributed by atoms with Crippen molar-refractivity contribution < 1.29 is 19.0 Å². The van der Waals surface area contributed by atoms with E-state index >= 15 is 0 Å². The molecule has 11 nitrogen and oxygen atoms in total. The number of hydrogen-bond acceptors (Lipinski definition) is 8. The number of halogens is 2. The van der Waals surface area contributed by atoms with Crippen LogP contribution in [0.1, 0.15) is 23.0 Å². The lowest BCUT2D eigenvalue weighted by Gasteiger charge is -2.46. The molecule has 0 aliphatic carbocycles. The van der Waals surface area contributed by atoms with Gasteiger partial charge in [-0.15, -0.1) is 23.4 Å². The van der Waals surface area contributed by atoms with Crippen LogP contribution in [0.3, 0.4) is 0 Å². The molecule has 1 aliphatic rings. The van der Waals surface area contributed by atoms with Gasteiger partial charge in [0.15, 0.2) is 0 Å². The summed E-state index contributed by atoms with van der Waals surface area (Å²) in [4.78, 5) is 15.3. The Bertz CT molecular complexity index is 1840. The van der Waals surface area contributed by atoms with Crippen molar-refractivity contribution in [3.63, 3.8) is 0 Å². The van der Waals surface area contributed by atoms with Crippen molar-refractivity contribution in [2.45, 2.75) is 38.4 Å². The zero-order chi connectivity index (χ0) is 32.0. The molecule has 0 N–H and O–H groups in total. The first-order chi connectivity index (χ1) is 22.4. The fourth-order valence-corrected chi connectivity index (χ4v) is 5.38. The van der Waals surface area contributed by atoms with Crippen molar-refractivity contribution in [1.29, 1.82) is 0 Å². The van der Waals surface area contributed by atoms with Crippen LogP contribution >= 0.6 is 23.2 Å². The maximum absolute atomic E-state index is 13.6. The Balaban J connectivity index is 1.18. The molecule has 2 unspecified atom stereocenters. The largest absolute Gasteiger partial charge is 0.487 e. The number of hydrogen-bond donors (Lipinski definition) is 0. The number of benzene rings is 3. The molecule has 0 bridgehead atoms. The van der Waals surface area contributed by atoms with Crippen LogP contribution < -0.4 is 19.1 Å². The lowest BCUT2D eigenvalue weighted by Crippen LogP contribution is -2.61. The summed E-state index contributed by atoms with van der Waals surface area (Å²) in [6.07, 6.45) is 6.28. The molecule has 1 amide bonds. The van der Waals surface area contributed by atoms with Crippen molar-refractivity contribution in [1.82, 2.24) is 30.0 Å². The van der Waals surface area contributed by atoms with Gasteiger partial charge in [0.25, 0.3) is 5.91 Å². The average molecular weight is 659 g/mol. The minimum Gasteiger partial charge on any atom is -0.487 e. The molecule has 1 saturated heterocycles. The van der Waals surface area contributed by atoms with Gasteiger partial charge in [-0.25, -0.2) is 9.36 Å². The molecule has 3 heterocycles. The van der Waals surface area contributed by atoms with Gasteiger partial charge >= 0.3 is 0 Å². The Morgan fingerprint density at radius 1 is 0.783 bits per heavy atom. The number of β-lactam (4-membered cyclic amide) rings is 1. The van der Waals surface area contributed by atoms with Gasteiger partial charge in [0, 0.05) is 10.7 Å². The van der Waals surface area contributed by atoms with Gasteiger partial charge < -0.3 is 14.2 Å². The third-order valence-electron chi connectivity index (χ3n) is 7.11. The van der Waals surface area contributed by atoms with E-state index in [0.717, 1.165) is 5.56 Å². The molecule has 3 aromatic carbocycles. The van der Waals surface area contributed by atoms with Gasteiger partial charge in [0.05, 0.1) is 30.5 Å². The molecule has 2 aromatic heterocycles. The van der Waals surface area contributed by atoms with Crippen LogP contribution in [0.4, 0.5) is 5.69 Å². The number of aromatic nitrogens is 6. The fraction of sp³-hybridized carbons (Fsp3) is 0.182. The van der Waals surface area contributed by atoms with Crippen LogP contribution in [-0.2, 0) is 31.1 Å². The third kappa shape index (κ3) is 6.90. The van der Waals surface area contributed by atoms with Crippen molar-refractivity contribution in [2.24, 2.45) is 0 Å². The number of amides is 1. The molecule has 1 fully saturated rings. The number of nitrogens with zero attached hydrogens (tertiary/aromatic N) is 7. The number of ether oxygens (including phenoxy) is 3. The van der Waals surface area contributed by atoms with Gasteiger partial charge in [0.2, 0.25) is 6.10 Å². The maximum Gasteiger partial charge on any atom is 0.271 e. The van der Waals surface area contributed by atoms with Gasteiger partial charge in [-0.1, -0.05) is 57.9 Å². The minimum absolute atomic E-state index is 0.216. The molecular formula is C33H29Cl2N7O4. The van der Waals surface area contributed by atoms with Crippen LogP contribution in [0.5, 0.6) is 17.2 Å². The normalized spacial score (nSPS) is 15.7. The molecule has 0 spiro atoms. The van der Waals surface area contributed by atoms with E-state index < -0.39 is 12.1 Å². The van der Waals surface area contributed by atoms with Crippen LogP contribution in [0, 0.1) is 0 Å². The highest BCUT2D eigenvalue weighted by Gasteiger charge is 2.51. The first-order valence-corrected chi connectivity index (χ1v) is 15.1. The summed E-state index contributed by atoms with van der Waals surface area (Å²) in [5.41, 5.74) is 2.92. The number of allylic oxidation sites excluding steroid dienone is 2. The van der Waals surface area contributed by atoms with Crippen LogP contribution in [0.25, 0.3) is 0 Å². The fourth-order valence-electron chi connectivity index (χ4n) is 4.93. The Labute approximate surface area is 275 Å². The Kier molecular flexibility index (Phi) is 9.32. The zero-order valence-electron chi connectivity index (χ0n) is 24.6. The predicted octanol–water partition coefficient (Wildman–Crippen LogP) is 6.24. The van der Waals surface area contributed by atoms with Crippen LogP contribution in [0.2, 0.25) is 10.0 Å². The van der Waals surface area contributed by atoms with Crippen molar-refractivity contribution in [2.75, 3.05) is 4.90 Å². The second-order valence-electron chi connectivity index (χ2n) is 10.3. The predicted molar refractivity (Wildman–Crippen MR) is 173 cm³/mol. The summed E-state index contributed by atoms with van der Waals surface area (Å²) in [6, 6.07) is 19.2. The molecular weight excluding hydrogens is 629 g/mol. The highest BCUT2D eigenvalue weighted by atomic mass is 35.5. The first-order valence-electron chi connectivity index (χ1n) is 14.3. The number of carbonyl (C=O) groups is 1. The highest BCUT2D eigenvalue weighted by molar-refractivity contribution is 6.35. The van der Waals surface area contributed by atoms with E-state index in [9.17, 15) is 4.79 Å². The summed E-state index contributed by atoms with van der Waals surface area (Å²) in [6.45, 7) is 9.06. The van der Waals surface area contributed by atoms with Crippen molar-refractivity contribution in [3.8, 4) is 17.2 Å². The molecule has 46 heavy (non-hydrogen) atoms. The molecule has 6 rings (SSSR count). The lowest BCUT2D eigenvalue weighted by molar-refractivity contribution is -0.135. The van der Waals surface area contributed by atoms with E-state index in [-0.39, 0.29) is 19.1 Å². The van der Waals surface area contributed by atoms with Crippen LogP contribution in [-0.4, -0.2) is 42.0 Å². The Morgan fingerprint density at radius 2 is 1.35 bits per heavy atom. The van der Waals surface area contributed by atoms with Gasteiger partial charge in [-0.2, -0.15) is 0 Å². The topological polar surface area (TPSA) is 109 Å². The summed E-state index contributed by atoms with van der Waals surface area (Å²) >= 11 is 12.5. The molecule has 5 aromatic rings. The van der Waals surface area contributed by atoms with Crippen molar-refractivity contribution >= 4 is 34.8 Å². The van der Waals surface area contributed by atoms with E-state index in [2.05, 4.69) is 33.8 Å². The minimum atomic E-state index is -0.820. The second kappa shape index (κ2) is 13.9. The van der Waals surface area contributed by atoms with Crippen LogP contribution in [0.15, 0.2) is 104 Å². The molecule has 1 aliphatic heterocycles. The third-order valence-corrected chi connectivity index (χ3v) is 7.64. The summed E-state index contributed by atoms with van der Waals surface area (Å²) in [5, 5.41) is 17.1. The van der Waals surface area contributed by atoms with E-state index in [1.807, 2.05) is 42.6 Å². The smallest absolute Gasteiger partial charge is 0.271 e. The van der Waals surface area contributed by atoms with Gasteiger partial charge in [-0.3, -0.25) is 9.69 Å². The maximum atomic E-state index is 13.6. The van der Waals surface area contributed by atoms with E-state index in [0.29, 0.717) is 57.5 Å². The van der Waals surface area contributed by atoms with Gasteiger partial charge in [-0.05, 0) is 60.2 Å². The van der Waals surface area contributed by atoms with E-state index in [4.69, 9.17) is 37.4 Å².